The van der Waals surface area contributed by atoms with Crippen molar-refractivity contribution < 1.29 is 22.7 Å². The van der Waals surface area contributed by atoms with E-state index in [1.807, 2.05) is 4.90 Å². The van der Waals surface area contributed by atoms with Gasteiger partial charge in [-0.1, -0.05) is 13.0 Å². The van der Waals surface area contributed by atoms with Gasteiger partial charge < -0.3 is 14.6 Å². The highest BCUT2D eigenvalue weighted by atomic mass is 32.2. The lowest BCUT2D eigenvalue weighted by atomic mass is 9.87. The van der Waals surface area contributed by atoms with Crippen molar-refractivity contribution in [2.75, 3.05) is 33.2 Å². The van der Waals surface area contributed by atoms with Crippen LogP contribution in [0, 0.1) is 5.92 Å². The number of allylic oxidation sites excluding steroid dienone is 2. The van der Waals surface area contributed by atoms with Crippen molar-refractivity contribution >= 4 is 33.2 Å². The highest BCUT2D eigenvalue weighted by molar-refractivity contribution is 7.87. The Balaban J connectivity index is 1.29. The molecular formula is C27H32FN7O5S2. The molecule has 1 amide bonds. The number of imidazole rings is 1. The van der Waals surface area contributed by atoms with E-state index in [1.54, 1.807) is 30.0 Å². The van der Waals surface area contributed by atoms with E-state index in [0.717, 1.165) is 29.7 Å². The quantitative estimate of drug-likeness (QED) is 0.448. The van der Waals surface area contributed by atoms with E-state index in [1.165, 1.54) is 43.7 Å². The van der Waals surface area contributed by atoms with Crippen LogP contribution in [0.1, 0.15) is 31.1 Å². The van der Waals surface area contributed by atoms with E-state index in [0.29, 0.717) is 31.1 Å². The molecule has 2 unspecified atom stereocenters. The molecule has 5 heterocycles. The van der Waals surface area contributed by atoms with Crippen molar-refractivity contribution in [3.05, 3.63) is 57.4 Å². The highest BCUT2D eigenvalue weighted by Crippen LogP contribution is 2.37. The fourth-order valence-corrected chi connectivity index (χ4v) is 8.39. The molecule has 12 nitrogen and oxygen atoms in total. The van der Waals surface area contributed by atoms with Crippen LogP contribution in [0.25, 0.3) is 16.5 Å². The number of carbonyl (C=O) groups is 1. The van der Waals surface area contributed by atoms with Crippen molar-refractivity contribution in [2.24, 2.45) is 5.92 Å². The van der Waals surface area contributed by atoms with Gasteiger partial charge in [0.25, 0.3) is 10.2 Å². The molecule has 2 fully saturated rings. The maximum Gasteiger partial charge on any atom is 0.302 e. The van der Waals surface area contributed by atoms with Gasteiger partial charge in [-0.15, -0.1) is 11.3 Å². The van der Waals surface area contributed by atoms with Crippen molar-refractivity contribution in [1.82, 2.24) is 32.4 Å². The zero-order chi connectivity index (χ0) is 29.8. The van der Waals surface area contributed by atoms with E-state index < -0.39 is 33.5 Å². The summed E-state index contributed by atoms with van der Waals surface area (Å²) in [6, 6.07) is -0.691. The number of piperidine rings is 1. The van der Waals surface area contributed by atoms with E-state index in [9.17, 15) is 27.5 Å². The third-order valence-corrected chi connectivity index (χ3v) is 11.2. The molecule has 224 valence electrons. The summed E-state index contributed by atoms with van der Waals surface area (Å²) in [7, 11) is -2.21. The number of aromatic hydroxyl groups is 1. The fourth-order valence-electron chi connectivity index (χ4n) is 5.86. The number of fused-ring (bicyclic) bond motifs is 1. The van der Waals surface area contributed by atoms with E-state index >= 15 is 0 Å². The van der Waals surface area contributed by atoms with Gasteiger partial charge in [0.15, 0.2) is 5.69 Å². The summed E-state index contributed by atoms with van der Waals surface area (Å²) in [5.41, 5.74) is 0.0402. The number of thiazole rings is 1. The Morgan fingerprint density at radius 2 is 1.90 bits per heavy atom. The smallest absolute Gasteiger partial charge is 0.302 e. The standard InChI is InChI=1S/C27H32FN7O5S2/c1-17-20(28)7-6-18(23(17)35-13-10-31(2)42(35,39)40)14-19-15-29-25(41-19)22-24(37)26(38)34-12-11-33(27(34)30-22)16-21(36)32-8-4-3-5-9-32/h6-7,11-12,15,17,23,37H,3-5,8-10,13-14,16H2,1-2H3. The summed E-state index contributed by atoms with van der Waals surface area (Å²) in [5.74, 6) is -1.46. The number of hydrogen-bond acceptors (Lipinski definition) is 8. The average molecular weight is 618 g/mol. The summed E-state index contributed by atoms with van der Waals surface area (Å²) < 4.78 is 45.9. The molecule has 0 spiro atoms. The first-order valence-electron chi connectivity index (χ1n) is 13.9. The minimum Gasteiger partial charge on any atom is -0.501 e. The number of likely N-dealkylation sites (N-methyl/N-ethyl adjacent to an activating group) is 1. The second-order valence-corrected chi connectivity index (χ2v) is 14.0. The molecule has 3 aromatic rings. The second kappa shape index (κ2) is 11.0. The Hall–Kier alpha value is -3.40. The van der Waals surface area contributed by atoms with Gasteiger partial charge in [-0.05, 0) is 30.9 Å². The third kappa shape index (κ3) is 4.97. The molecule has 3 aliphatic rings. The first-order chi connectivity index (χ1) is 20.1. The SMILES string of the molecule is CC1C(F)=CC=C(Cc2cnc(-c3nc4n(CC(=O)N5CCCCC5)ccn4c(=O)c3O)s2)C1N1CCN(C)S1(=O)=O. The van der Waals surface area contributed by atoms with Crippen LogP contribution in [0.2, 0.25) is 0 Å². The molecule has 42 heavy (non-hydrogen) atoms. The topological polar surface area (TPSA) is 133 Å². The molecule has 6 rings (SSSR count). The second-order valence-electron chi connectivity index (χ2n) is 10.9. The van der Waals surface area contributed by atoms with Gasteiger partial charge in [0.05, 0.1) is 6.04 Å². The van der Waals surface area contributed by atoms with Crippen LogP contribution in [0.15, 0.2) is 46.9 Å². The average Bonchev–Trinajstić information content (AvgIpc) is 3.67. The zero-order valence-corrected chi connectivity index (χ0v) is 24.9. The molecule has 0 radical (unpaired) electrons. The lowest BCUT2D eigenvalue weighted by molar-refractivity contribution is -0.132. The van der Waals surface area contributed by atoms with Crippen LogP contribution in [0.3, 0.4) is 0 Å². The monoisotopic (exact) mass is 617 g/mol. The van der Waals surface area contributed by atoms with Crippen LogP contribution in [-0.2, 0) is 28.0 Å². The lowest BCUT2D eigenvalue weighted by Gasteiger charge is -2.34. The van der Waals surface area contributed by atoms with Gasteiger partial charge >= 0.3 is 5.56 Å². The summed E-state index contributed by atoms with van der Waals surface area (Å²) in [6.07, 6.45) is 11.0. The number of carbonyl (C=O) groups excluding carboxylic acids is 1. The predicted octanol–water partition coefficient (Wildman–Crippen LogP) is 2.17. The third-order valence-electron chi connectivity index (χ3n) is 8.26. The predicted molar refractivity (Wildman–Crippen MR) is 155 cm³/mol. The van der Waals surface area contributed by atoms with Crippen molar-refractivity contribution in [2.45, 2.75) is 45.2 Å². The molecule has 0 saturated carbocycles. The van der Waals surface area contributed by atoms with Crippen LogP contribution in [0.5, 0.6) is 5.75 Å². The Morgan fingerprint density at radius 3 is 2.62 bits per heavy atom. The van der Waals surface area contributed by atoms with E-state index in [4.69, 9.17) is 0 Å². The fraction of sp³-hybridized carbons (Fsp3) is 0.481. The van der Waals surface area contributed by atoms with Gasteiger partial charge in [0, 0.05) is 69.0 Å². The maximum atomic E-state index is 14.6. The van der Waals surface area contributed by atoms with Gasteiger partial charge in [-0.3, -0.25) is 9.59 Å². The number of amides is 1. The van der Waals surface area contributed by atoms with Gasteiger partial charge in [-0.2, -0.15) is 17.0 Å². The van der Waals surface area contributed by atoms with E-state index in [-0.39, 0.29) is 36.3 Å². The van der Waals surface area contributed by atoms with Crippen LogP contribution >= 0.6 is 11.3 Å². The molecule has 15 heteroatoms. The normalized spacial score (nSPS) is 23.4. The van der Waals surface area contributed by atoms with Gasteiger partial charge in [-0.25, -0.2) is 18.8 Å². The van der Waals surface area contributed by atoms with Crippen LogP contribution in [-0.4, -0.2) is 91.1 Å². The number of halogens is 1. The Bertz CT molecular complexity index is 1770. The summed E-state index contributed by atoms with van der Waals surface area (Å²) >= 11 is 1.20. The molecular weight excluding hydrogens is 585 g/mol. The minimum atomic E-state index is -3.72. The number of aromatic nitrogens is 4. The molecule has 1 aliphatic carbocycles. The molecule has 3 aromatic heterocycles. The van der Waals surface area contributed by atoms with Crippen molar-refractivity contribution in [1.29, 1.82) is 0 Å². The van der Waals surface area contributed by atoms with Crippen LogP contribution in [0.4, 0.5) is 4.39 Å². The Kier molecular flexibility index (Phi) is 7.53. The summed E-state index contributed by atoms with van der Waals surface area (Å²) in [6.45, 7) is 3.68. The number of rotatable bonds is 6. The minimum absolute atomic E-state index is 0.00107. The number of likely N-dealkylation sites (tertiary alicyclic amines) is 1. The molecule has 2 saturated heterocycles. The molecule has 0 aromatic carbocycles. The number of hydrogen-bond donors (Lipinski definition) is 1. The lowest BCUT2D eigenvalue weighted by Crippen LogP contribution is -2.45. The van der Waals surface area contributed by atoms with E-state index in [2.05, 4.69) is 9.97 Å². The number of nitrogens with zero attached hydrogens (tertiary/aromatic N) is 7. The van der Waals surface area contributed by atoms with Crippen molar-refractivity contribution in [3.63, 3.8) is 0 Å². The first-order valence-corrected chi connectivity index (χ1v) is 16.1. The highest BCUT2D eigenvalue weighted by Gasteiger charge is 2.44. The van der Waals surface area contributed by atoms with Crippen molar-refractivity contribution in [3.8, 4) is 16.5 Å². The Labute approximate surface area is 246 Å². The molecule has 1 N–H and O–H groups in total. The first kappa shape index (κ1) is 28.7. The summed E-state index contributed by atoms with van der Waals surface area (Å²) in [5, 5.41) is 11.1. The molecule has 0 bridgehead atoms. The maximum absolute atomic E-state index is 14.6. The molecule has 2 aliphatic heterocycles. The largest absolute Gasteiger partial charge is 0.501 e. The summed E-state index contributed by atoms with van der Waals surface area (Å²) in [4.78, 5) is 37.4. The van der Waals surface area contributed by atoms with Gasteiger partial charge in [0.1, 0.15) is 17.4 Å². The Morgan fingerprint density at radius 1 is 1.14 bits per heavy atom. The van der Waals surface area contributed by atoms with Gasteiger partial charge in [0.2, 0.25) is 17.4 Å². The molecule has 2 atom stereocenters. The zero-order valence-electron chi connectivity index (χ0n) is 23.3. The van der Waals surface area contributed by atoms with Crippen LogP contribution < -0.4 is 5.56 Å².